The molecule has 1 aliphatic heterocycles. The number of aromatic amines is 1. The molecule has 3 rings (SSSR count). The number of ether oxygens (including phenoxy) is 1. The monoisotopic (exact) mass is 318 g/mol. The summed E-state index contributed by atoms with van der Waals surface area (Å²) in [5, 5.41) is 9.78. The van der Waals surface area contributed by atoms with Crippen molar-refractivity contribution in [3.05, 3.63) is 46.8 Å². The number of carbonyl (C=O) groups excluding carboxylic acids is 1. The first-order valence-corrected chi connectivity index (χ1v) is 7.66. The Labute approximate surface area is 133 Å². The van der Waals surface area contributed by atoms with E-state index in [1.807, 2.05) is 13.8 Å². The van der Waals surface area contributed by atoms with E-state index >= 15 is 0 Å². The lowest BCUT2D eigenvalue weighted by Gasteiger charge is -2.25. The van der Waals surface area contributed by atoms with Crippen LogP contribution in [-0.4, -0.2) is 33.7 Å². The quantitative estimate of drug-likeness (QED) is 0.903. The van der Waals surface area contributed by atoms with Crippen molar-refractivity contribution in [3.8, 4) is 0 Å². The van der Waals surface area contributed by atoms with Crippen LogP contribution >= 0.6 is 0 Å². The van der Waals surface area contributed by atoms with Gasteiger partial charge in [0.2, 0.25) is 0 Å². The van der Waals surface area contributed by atoms with E-state index in [1.165, 1.54) is 18.3 Å². The number of rotatable bonds is 4. The van der Waals surface area contributed by atoms with Gasteiger partial charge in [-0.1, -0.05) is 0 Å². The summed E-state index contributed by atoms with van der Waals surface area (Å²) in [6.45, 7) is 4.20. The van der Waals surface area contributed by atoms with Crippen LogP contribution in [0.15, 0.2) is 18.3 Å². The lowest BCUT2D eigenvalue weighted by atomic mass is 9.99. The molecule has 3 heterocycles. The van der Waals surface area contributed by atoms with Crippen LogP contribution in [0.25, 0.3) is 0 Å². The Morgan fingerprint density at radius 1 is 1.52 bits per heavy atom. The lowest BCUT2D eigenvalue weighted by molar-refractivity contribution is -0.00697. The Morgan fingerprint density at radius 3 is 3.13 bits per heavy atom. The molecule has 0 aliphatic carbocycles. The summed E-state index contributed by atoms with van der Waals surface area (Å²) < 4.78 is 19.2. The van der Waals surface area contributed by atoms with Gasteiger partial charge in [-0.05, 0) is 26.0 Å². The second kappa shape index (κ2) is 6.45. The highest BCUT2D eigenvalue weighted by Gasteiger charge is 2.29. The van der Waals surface area contributed by atoms with Gasteiger partial charge in [-0.15, -0.1) is 0 Å². The van der Waals surface area contributed by atoms with Crippen LogP contribution in [0, 0.1) is 5.82 Å². The van der Waals surface area contributed by atoms with Gasteiger partial charge >= 0.3 is 0 Å². The Kier molecular flexibility index (Phi) is 4.38. The number of amides is 1. The van der Waals surface area contributed by atoms with E-state index in [-0.39, 0.29) is 23.9 Å². The van der Waals surface area contributed by atoms with E-state index in [0.29, 0.717) is 30.8 Å². The van der Waals surface area contributed by atoms with Crippen molar-refractivity contribution >= 4 is 5.91 Å². The molecule has 0 unspecified atom stereocenters. The molecule has 2 N–H and O–H groups in total. The molecule has 2 aromatic heterocycles. The number of H-pyrrole nitrogens is 1. The second-order valence-corrected chi connectivity index (χ2v) is 5.70. The zero-order chi connectivity index (χ0) is 16.4. The summed E-state index contributed by atoms with van der Waals surface area (Å²) in [6.07, 6.45) is 2.46. The third-order valence-electron chi connectivity index (χ3n) is 3.93. The fourth-order valence-electron chi connectivity index (χ4n) is 2.84. The molecular weight excluding hydrogens is 299 g/mol. The maximum Gasteiger partial charge on any atom is 0.272 e. The van der Waals surface area contributed by atoms with Crippen molar-refractivity contribution in [3.63, 3.8) is 0 Å². The van der Waals surface area contributed by atoms with Crippen molar-refractivity contribution in [1.82, 2.24) is 20.5 Å². The van der Waals surface area contributed by atoms with Gasteiger partial charge < -0.3 is 10.1 Å². The molecule has 0 saturated carbocycles. The first kappa shape index (κ1) is 15.6. The third kappa shape index (κ3) is 3.24. The minimum Gasteiger partial charge on any atom is -0.369 e. The first-order valence-electron chi connectivity index (χ1n) is 7.66. The SMILES string of the molecule is C[C@@H]1Cc2c(C(=O)NCCc3ncccc3F)n[nH]c2[C@H](C)O1. The Balaban J connectivity index is 1.65. The molecule has 0 radical (unpaired) electrons. The Morgan fingerprint density at radius 2 is 2.35 bits per heavy atom. The predicted molar refractivity (Wildman–Crippen MR) is 81.5 cm³/mol. The molecule has 0 aromatic carbocycles. The molecule has 0 saturated heterocycles. The van der Waals surface area contributed by atoms with Gasteiger partial charge in [0.05, 0.1) is 23.6 Å². The van der Waals surface area contributed by atoms with E-state index in [9.17, 15) is 9.18 Å². The van der Waals surface area contributed by atoms with E-state index in [1.54, 1.807) is 0 Å². The summed E-state index contributed by atoms with van der Waals surface area (Å²) in [6, 6.07) is 2.90. The largest absolute Gasteiger partial charge is 0.369 e. The fourth-order valence-corrected chi connectivity index (χ4v) is 2.84. The molecule has 6 nitrogen and oxygen atoms in total. The minimum atomic E-state index is -0.362. The van der Waals surface area contributed by atoms with Crippen LogP contribution in [0.5, 0.6) is 0 Å². The number of carbonyl (C=O) groups is 1. The number of nitrogens with zero attached hydrogens (tertiary/aromatic N) is 2. The molecule has 0 spiro atoms. The molecule has 122 valence electrons. The van der Waals surface area contributed by atoms with Crippen LogP contribution in [0.3, 0.4) is 0 Å². The molecule has 0 bridgehead atoms. The highest BCUT2D eigenvalue weighted by molar-refractivity contribution is 5.94. The fraction of sp³-hybridized carbons (Fsp3) is 0.438. The van der Waals surface area contributed by atoms with Crippen molar-refractivity contribution in [2.24, 2.45) is 0 Å². The van der Waals surface area contributed by atoms with Gasteiger partial charge in [0.15, 0.2) is 5.69 Å². The topological polar surface area (TPSA) is 79.9 Å². The zero-order valence-corrected chi connectivity index (χ0v) is 13.1. The van der Waals surface area contributed by atoms with E-state index in [0.717, 1.165) is 11.3 Å². The minimum absolute atomic E-state index is 0.0456. The zero-order valence-electron chi connectivity index (χ0n) is 13.1. The Hall–Kier alpha value is -2.28. The van der Waals surface area contributed by atoms with E-state index in [2.05, 4.69) is 20.5 Å². The molecule has 1 aliphatic rings. The second-order valence-electron chi connectivity index (χ2n) is 5.70. The van der Waals surface area contributed by atoms with Crippen molar-refractivity contribution in [2.75, 3.05) is 6.54 Å². The number of aromatic nitrogens is 3. The number of halogens is 1. The summed E-state index contributed by atoms with van der Waals surface area (Å²) in [7, 11) is 0. The highest BCUT2D eigenvalue weighted by atomic mass is 19.1. The number of nitrogens with one attached hydrogen (secondary N) is 2. The van der Waals surface area contributed by atoms with Gasteiger partial charge in [0.25, 0.3) is 5.91 Å². The van der Waals surface area contributed by atoms with Gasteiger partial charge in [-0.2, -0.15) is 5.10 Å². The molecule has 1 amide bonds. The van der Waals surface area contributed by atoms with Crippen molar-refractivity contribution in [1.29, 1.82) is 0 Å². The number of pyridine rings is 1. The predicted octanol–water partition coefficient (Wildman–Crippen LogP) is 1.94. The van der Waals surface area contributed by atoms with Gasteiger partial charge in [0, 0.05) is 31.1 Å². The van der Waals surface area contributed by atoms with Crippen LogP contribution in [-0.2, 0) is 17.6 Å². The lowest BCUT2D eigenvalue weighted by Crippen LogP contribution is -2.29. The first-order chi connectivity index (χ1) is 11.1. The van der Waals surface area contributed by atoms with Crippen LogP contribution in [0.2, 0.25) is 0 Å². The molecule has 23 heavy (non-hydrogen) atoms. The normalized spacial score (nSPS) is 20.1. The molecular formula is C16H19FN4O2. The van der Waals surface area contributed by atoms with Crippen LogP contribution in [0.4, 0.5) is 4.39 Å². The number of fused-ring (bicyclic) bond motifs is 1. The van der Waals surface area contributed by atoms with Crippen molar-refractivity contribution in [2.45, 2.75) is 38.9 Å². The molecule has 2 aromatic rings. The average Bonchev–Trinajstić information content (AvgIpc) is 2.93. The molecule has 7 heteroatoms. The smallest absolute Gasteiger partial charge is 0.272 e. The summed E-state index contributed by atoms with van der Waals surface area (Å²) >= 11 is 0. The summed E-state index contributed by atoms with van der Waals surface area (Å²) in [4.78, 5) is 16.3. The van der Waals surface area contributed by atoms with Crippen LogP contribution < -0.4 is 5.32 Å². The molecule has 2 atom stereocenters. The highest BCUT2D eigenvalue weighted by Crippen LogP contribution is 2.29. The molecule has 0 fully saturated rings. The van der Waals surface area contributed by atoms with Gasteiger partial charge in [-0.25, -0.2) is 4.39 Å². The Bertz CT molecular complexity index is 716. The third-order valence-corrected chi connectivity index (χ3v) is 3.93. The average molecular weight is 318 g/mol. The summed E-state index contributed by atoms with van der Waals surface area (Å²) in [5.41, 5.74) is 2.48. The van der Waals surface area contributed by atoms with Crippen molar-refractivity contribution < 1.29 is 13.9 Å². The van der Waals surface area contributed by atoms with E-state index < -0.39 is 0 Å². The van der Waals surface area contributed by atoms with Crippen LogP contribution in [0.1, 0.15) is 47.4 Å². The van der Waals surface area contributed by atoms with Gasteiger partial charge in [0.1, 0.15) is 5.82 Å². The van der Waals surface area contributed by atoms with E-state index in [4.69, 9.17) is 4.74 Å². The number of hydrogen-bond donors (Lipinski definition) is 2. The maximum atomic E-state index is 13.5. The van der Waals surface area contributed by atoms with Gasteiger partial charge in [-0.3, -0.25) is 14.9 Å². The standard InChI is InChI=1S/C16H19FN4O2/c1-9-8-11-14(10(2)23-9)20-21-15(11)16(22)19-7-5-13-12(17)4-3-6-18-13/h3-4,6,9-10H,5,7-8H2,1-2H3,(H,19,22)(H,20,21)/t9-,10+/m1/s1. The maximum absolute atomic E-state index is 13.5. The number of hydrogen-bond acceptors (Lipinski definition) is 4. The summed E-state index contributed by atoms with van der Waals surface area (Å²) in [5.74, 6) is -0.626.